The Morgan fingerprint density at radius 2 is 1.82 bits per heavy atom. The van der Waals surface area contributed by atoms with E-state index in [4.69, 9.17) is 21.0 Å². The van der Waals surface area contributed by atoms with Gasteiger partial charge in [-0.2, -0.15) is 5.10 Å². The zero-order chi connectivity index (χ0) is 24.5. The van der Waals surface area contributed by atoms with Gasteiger partial charge >= 0.3 is 0 Å². The Kier molecular flexibility index (Phi) is 9.29. The molecule has 0 bridgehead atoms. The second-order valence-electron chi connectivity index (χ2n) is 8.64. The highest BCUT2D eigenvalue weighted by Crippen LogP contribution is 2.32. The van der Waals surface area contributed by atoms with E-state index >= 15 is 0 Å². The maximum Gasteiger partial charge on any atom is 0.227 e. The molecule has 34 heavy (non-hydrogen) atoms. The molecule has 0 aliphatic rings. The quantitative estimate of drug-likeness (QED) is 0.311. The van der Waals surface area contributed by atoms with Crippen molar-refractivity contribution in [2.24, 2.45) is 0 Å². The Labute approximate surface area is 203 Å². The zero-order valence-corrected chi connectivity index (χ0v) is 20.6. The number of aromatic nitrogens is 2. The topological polar surface area (TPSA) is 59.8 Å². The van der Waals surface area contributed by atoms with E-state index in [2.05, 4.69) is 38.5 Å². The minimum Gasteiger partial charge on any atom is -0.439 e. The molecule has 0 aliphatic carbocycles. The van der Waals surface area contributed by atoms with Crippen molar-refractivity contribution in [3.8, 4) is 29.7 Å². The van der Waals surface area contributed by atoms with Crippen LogP contribution in [0.3, 0.4) is 0 Å². The second-order valence-corrected chi connectivity index (χ2v) is 8.64. The molecule has 6 heteroatoms. The third-order valence-electron chi connectivity index (χ3n) is 5.62. The van der Waals surface area contributed by atoms with Crippen molar-refractivity contribution in [3.05, 3.63) is 71.4 Å². The first-order valence-corrected chi connectivity index (χ1v) is 11.8. The SMILES string of the molecule is C#CCOC[C@H](O)CN(Cc1c(CC)nn(-c2ccccc2)c1Oc1ccc(C)cc1)C(C)C. The van der Waals surface area contributed by atoms with Crippen LogP contribution in [0.1, 0.15) is 37.6 Å². The number of hydrogen-bond acceptors (Lipinski definition) is 5. The number of nitrogens with zero attached hydrogens (tertiary/aromatic N) is 3. The predicted octanol–water partition coefficient (Wildman–Crippen LogP) is 4.76. The maximum absolute atomic E-state index is 10.5. The highest BCUT2D eigenvalue weighted by molar-refractivity contribution is 5.44. The normalized spacial score (nSPS) is 12.2. The van der Waals surface area contributed by atoms with Gasteiger partial charge in [-0.3, -0.25) is 4.90 Å². The van der Waals surface area contributed by atoms with Gasteiger partial charge in [0.15, 0.2) is 0 Å². The first-order chi connectivity index (χ1) is 16.4. The third-order valence-corrected chi connectivity index (χ3v) is 5.62. The van der Waals surface area contributed by atoms with Gasteiger partial charge in [0.1, 0.15) is 12.4 Å². The molecule has 1 heterocycles. The summed E-state index contributed by atoms with van der Waals surface area (Å²) in [6.07, 6.45) is 5.36. The van der Waals surface area contributed by atoms with Crippen molar-refractivity contribution < 1.29 is 14.6 Å². The van der Waals surface area contributed by atoms with Crippen LogP contribution in [-0.4, -0.2) is 51.7 Å². The zero-order valence-electron chi connectivity index (χ0n) is 20.6. The lowest BCUT2D eigenvalue weighted by molar-refractivity contribution is 0.0190. The molecule has 0 aliphatic heterocycles. The van der Waals surface area contributed by atoms with E-state index < -0.39 is 6.10 Å². The number of aliphatic hydroxyl groups excluding tert-OH is 1. The average Bonchev–Trinajstić information content (AvgIpc) is 3.17. The summed E-state index contributed by atoms with van der Waals surface area (Å²) in [6.45, 7) is 9.80. The molecule has 0 saturated carbocycles. The summed E-state index contributed by atoms with van der Waals surface area (Å²) in [5, 5.41) is 15.4. The summed E-state index contributed by atoms with van der Waals surface area (Å²) in [4.78, 5) is 2.21. The largest absolute Gasteiger partial charge is 0.439 e. The Morgan fingerprint density at radius 1 is 1.12 bits per heavy atom. The van der Waals surface area contributed by atoms with Crippen LogP contribution in [0.5, 0.6) is 11.6 Å². The number of rotatable bonds is 12. The lowest BCUT2D eigenvalue weighted by Gasteiger charge is -2.29. The van der Waals surface area contributed by atoms with E-state index in [1.54, 1.807) is 0 Å². The first kappa shape index (κ1) is 25.5. The molecule has 180 valence electrons. The second kappa shape index (κ2) is 12.4. The number of terminal acetylenes is 1. The molecule has 0 spiro atoms. The number of para-hydroxylation sites is 1. The fourth-order valence-corrected chi connectivity index (χ4v) is 3.73. The number of ether oxygens (including phenoxy) is 2. The van der Waals surface area contributed by atoms with Gasteiger partial charge in [-0.25, -0.2) is 4.68 Å². The molecule has 0 radical (unpaired) electrons. The minimum atomic E-state index is -0.647. The number of aryl methyl sites for hydroxylation is 2. The van der Waals surface area contributed by atoms with E-state index in [1.807, 2.05) is 59.3 Å². The predicted molar refractivity (Wildman–Crippen MR) is 135 cm³/mol. The van der Waals surface area contributed by atoms with Gasteiger partial charge in [-0.05, 0) is 51.5 Å². The van der Waals surface area contributed by atoms with E-state index in [0.29, 0.717) is 19.0 Å². The van der Waals surface area contributed by atoms with Crippen LogP contribution >= 0.6 is 0 Å². The van der Waals surface area contributed by atoms with Crippen molar-refractivity contribution in [1.29, 1.82) is 0 Å². The van der Waals surface area contributed by atoms with Crippen LogP contribution in [-0.2, 0) is 17.7 Å². The van der Waals surface area contributed by atoms with E-state index in [1.165, 1.54) is 5.56 Å². The highest BCUT2D eigenvalue weighted by atomic mass is 16.5. The lowest BCUT2D eigenvalue weighted by Crippen LogP contribution is -2.39. The molecular formula is C28H35N3O3. The van der Waals surface area contributed by atoms with Gasteiger partial charge in [-0.1, -0.05) is 48.7 Å². The summed E-state index contributed by atoms with van der Waals surface area (Å²) < 4.78 is 13.7. The Hall–Kier alpha value is -3.11. The van der Waals surface area contributed by atoms with Gasteiger partial charge in [0, 0.05) is 19.1 Å². The molecular weight excluding hydrogens is 426 g/mol. The summed E-state index contributed by atoms with van der Waals surface area (Å²) >= 11 is 0. The first-order valence-electron chi connectivity index (χ1n) is 11.8. The van der Waals surface area contributed by atoms with Crippen LogP contribution < -0.4 is 4.74 Å². The van der Waals surface area contributed by atoms with Crippen LogP contribution in [0.2, 0.25) is 0 Å². The van der Waals surface area contributed by atoms with Gasteiger partial charge in [0.2, 0.25) is 5.88 Å². The smallest absolute Gasteiger partial charge is 0.227 e. The lowest BCUT2D eigenvalue weighted by atomic mass is 10.1. The molecule has 3 rings (SSSR count). The molecule has 0 fully saturated rings. The Bertz CT molecular complexity index is 1070. The van der Waals surface area contributed by atoms with Crippen LogP contribution in [0.15, 0.2) is 54.6 Å². The van der Waals surface area contributed by atoms with Crippen molar-refractivity contribution >= 4 is 0 Å². The van der Waals surface area contributed by atoms with Gasteiger partial charge in [-0.15, -0.1) is 6.42 Å². The molecule has 1 aromatic heterocycles. The van der Waals surface area contributed by atoms with E-state index in [-0.39, 0.29) is 19.3 Å². The molecule has 2 aromatic carbocycles. The summed E-state index contributed by atoms with van der Waals surface area (Å²) in [5.41, 5.74) is 4.09. The van der Waals surface area contributed by atoms with Gasteiger partial charge in [0.05, 0.1) is 29.7 Å². The minimum absolute atomic E-state index is 0.192. The van der Waals surface area contributed by atoms with Crippen molar-refractivity contribution in [2.45, 2.75) is 52.8 Å². The highest BCUT2D eigenvalue weighted by Gasteiger charge is 2.25. The standard InChI is InChI=1S/C28H35N3O3/c1-6-17-33-20-24(32)18-30(21(3)4)19-26-27(7-2)29-31(23-11-9-8-10-12-23)28(26)34-25-15-13-22(5)14-16-25/h1,8-16,21,24,32H,7,17-20H2,2-5H3/t24-/m1/s1. The van der Waals surface area contributed by atoms with Crippen LogP contribution in [0.4, 0.5) is 0 Å². The summed E-state index contributed by atoms with van der Waals surface area (Å²) in [7, 11) is 0. The Morgan fingerprint density at radius 3 is 2.44 bits per heavy atom. The van der Waals surface area contributed by atoms with Crippen LogP contribution in [0, 0.1) is 19.3 Å². The van der Waals surface area contributed by atoms with Crippen molar-refractivity contribution in [3.63, 3.8) is 0 Å². The monoisotopic (exact) mass is 461 g/mol. The van der Waals surface area contributed by atoms with E-state index in [0.717, 1.165) is 29.1 Å². The summed E-state index contributed by atoms with van der Waals surface area (Å²) in [6, 6.07) is 18.2. The van der Waals surface area contributed by atoms with Crippen LogP contribution in [0.25, 0.3) is 5.69 Å². The number of hydrogen-bond donors (Lipinski definition) is 1. The van der Waals surface area contributed by atoms with Gasteiger partial charge < -0.3 is 14.6 Å². The van der Waals surface area contributed by atoms with Gasteiger partial charge in [0.25, 0.3) is 0 Å². The molecule has 0 unspecified atom stereocenters. The molecule has 1 N–H and O–H groups in total. The average molecular weight is 462 g/mol. The summed E-state index contributed by atoms with van der Waals surface area (Å²) in [5.74, 6) is 3.88. The molecule has 6 nitrogen and oxygen atoms in total. The van der Waals surface area contributed by atoms with Crippen molar-refractivity contribution in [2.75, 3.05) is 19.8 Å². The number of aliphatic hydroxyl groups is 1. The third kappa shape index (κ3) is 6.71. The fourth-order valence-electron chi connectivity index (χ4n) is 3.73. The van der Waals surface area contributed by atoms with E-state index in [9.17, 15) is 5.11 Å². The molecule has 0 saturated heterocycles. The number of benzene rings is 2. The fraction of sp³-hybridized carbons (Fsp3) is 0.393. The Balaban J connectivity index is 1.97. The van der Waals surface area contributed by atoms with Crippen molar-refractivity contribution in [1.82, 2.24) is 14.7 Å². The maximum atomic E-state index is 10.5. The molecule has 3 aromatic rings. The molecule has 1 atom stereocenters. The molecule has 0 amide bonds.